The number of hydrogen-bond acceptors (Lipinski definition) is 9. The number of aromatic nitrogens is 1. The van der Waals surface area contributed by atoms with Crippen molar-refractivity contribution in [1.29, 1.82) is 0 Å². The number of halogens is 1. The average molecular weight is 433 g/mol. The summed E-state index contributed by atoms with van der Waals surface area (Å²) in [6.45, 7) is 0.377. The fourth-order valence-electron chi connectivity index (χ4n) is 2.32. The Bertz CT molecular complexity index is 1200. The Labute approximate surface area is 158 Å². The first-order chi connectivity index (χ1) is 12.0. The van der Waals surface area contributed by atoms with E-state index in [4.69, 9.17) is 11.6 Å². The van der Waals surface area contributed by atoms with Crippen LogP contribution in [0.1, 0.15) is 4.88 Å². The van der Waals surface area contributed by atoms with Crippen molar-refractivity contribution in [2.75, 3.05) is 5.32 Å². The lowest BCUT2D eigenvalue weighted by molar-refractivity contribution is 0.462. The first kappa shape index (κ1) is 19.0. The monoisotopic (exact) mass is 432 g/mol. The minimum Gasteiger partial charge on any atom is -0.744 e. The third-order valence-corrected chi connectivity index (χ3v) is 6.24. The van der Waals surface area contributed by atoms with Gasteiger partial charge < -0.3 is 14.4 Å². The Balaban J connectivity index is 2.07. The summed E-state index contributed by atoms with van der Waals surface area (Å²) in [6, 6.07) is 5.95. The maximum Gasteiger partial charge on any atom is 0.183 e. The minimum atomic E-state index is -4.97. The van der Waals surface area contributed by atoms with Gasteiger partial charge in [-0.1, -0.05) is 17.7 Å². The van der Waals surface area contributed by atoms with Gasteiger partial charge in [-0.15, -0.1) is 11.3 Å². The largest absolute Gasteiger partial charge is 0.744 e. The molecule has 0 amide bonds. The van der Waals surface area contributed by atoms with E-state index in [1.165, 1.54) is 29.5 Å². The number of thiazole rings is 1. The van der Waals surface area contributed by atoms with E-state index in [0.717, 1.165) is 10.9 Å². The molecule has 0 bridgehead atoms. The Morgan fingerprint density at radius 1 is 1.08 bits per heavy atom. The summed E-state index contributed by atoms with van der Waals surface area (Å²) in [5.41, 5.74) is 0.525. The lowest BCUT2D eigenvalue weighted by Gasteiger charge is -2.16. The molecule has 138 valence electrons. The molecule has 0 atom stereocenters. The Morgan fingerprint density at radius 2 is 1.81 bits per heavy atom. The molecule has 26 heavy (non-hydrogen) atoms. The number of anilines is 1. The van der Waals surface area contributed by atoms with Crippen LogP contribution in [0, 0.1) is 0 Å². The predicted molar refractivity (Wildman–Crippen MR) is 94.3 cm³/mol. The van der Waals surface area contributed by atoms with Crippen LogP contribution >= 0.6 is 22.9 Å². The van der Waals surface area contributed by atoms with E-state index < -0.39 is 30.0 Å². The van der Waals surface area contributed by atoms with Crippen LogP contribution in [0.15, 0.2) is 46.3 Å². The fourth-order valence-corrected chi connectivity index (χ4v) is 4.58. The second-order valence-corrected chi connectivity index (χ2v) is 9.62. The van der Waals surface area contributed by atoms with Gasteiger partial charge in [-0.3, -0.25) is 0 Å². The van der Waals surface area contributed by atoms with Crippen LogP contribution in [-0.2, 0) is 26.8 Å². The summed E-state index contributed by atoms with van der Waals surface area (Å²) >= 11 is 7.02. The summed E-state index contributed by atoms with van der Waals surface area (Å²) in [7, 11) is -9.91. The number of hydrogen-bond donors (Lipinski definition) is 1. The molecular formula is C14H9ClN2O6S3-2. The normalized spacial score (nSPS) is 12.4. The Morgan fingerprint density at radius 3 is 2.38 bits per heavy atom. The van der Waals surface area contributed by atoms with Crippen molar-refractivity contribution >= 4 is 59.6 Å². The van der Waals surface area contributed by atoms with Gasteiger partial charge in [0.1, 0.15) is 20.2 Å². The first-order valence-corrected chi connectivity index (χ1v) is 10.9. The number of nitrogens with one attached hydrogen (secondary N) is 1. The molecule has 12 heteroatoms. The zero-order valence-electron chi connectivity index (χ0n) is 12.7. The molecule has 3 rings (SSSR count). The molecule has 0 fully saturated rings. The predicted octanol–water partition coefficient (Wildman–Crippen LogP) is 2.37. The quantitative estimate of drug-likeness (QED) is 0.606. The summed E-state index contributed by atoms with van der Waals surface area (Å²) in [5, 5.41) is 3.19. The molecule has 0 aliphatic heterocycles. The zero-order valence-corrected chi connectivity index (χ0v) is 15.9. The average Bonchev–Trinajstić information content (AvgIpc) is 2.95. The second kappa shape index (κ2) is 6.76. The molecule has 3 aromatic rings. The smallest absolute Gasteiger partial charge is 0.183 e. The summed E-state index contributed by atoms with van der Waals surface area (Å²) in [5.74, 6) is 0. The van der Waals surface area contributed by atoms with Gasteiger partial charge in [0.05, 0.1) is 16.3 Å². The van der Waals surface area contributed by atoms with Crippen LogP contribution in [0.3, 0.4) is 0 Å². The lowest BCUT2D eigenvalue weighted by Crippen LogP contribution is -2.05. The van der Waals surface area contributed by atoms with E-state index in [1.54, 1.807) is 6.20 Å². The number of nitrogens with zero attached hydrogens (tertiary/aromatic N) is 1. The standard InChI is InChI=1S/C14H11ClN2O6S3/c15-14-17-7-10(24-14)6-16-9-1-2-12-8(3-9)4-11(25(18,19)20)5-13(12)26(21,22)23/h1-5,7,16H,6H2,(H,18,19,20)(H,21,22,23)/p-2. The van der Waals surface area contributed by atoms with Crippen molar-refractivity contribution in [2.24, 2.45) is 0 Å². The van der Waals surface area contributed by atoms with Gasteiger partial charge in [-0.05, 0) is 35.0 Å². The van der Waals surface area contributed by atoms with Crippen LogP contribution in [0.25, 0.3) is 10.8 Å². The van der Waals surface area contributed by atoms with E-state index in [0.29, 0.717) is 22.8 Å². The molecule has 1 aromatic heterocycles. The van der Waals surface area contributed by atoms with Crippen molar-refractivity contribution in [2.45, 2.75) is 16.3 Å². The minimum absolute atomic E-state index is 0.0267. The van der Waals surface area contributed by atoms with Gasteiger partial charge >= 0.3 is 0 Å². The van der Waals surface area contributed by atoms with Crippen LogP contribution in [0.5, 0.6) is 0 Å². The second-order valence-electron chi connectivity index (χ2n) is 5.20. The van der Waals surface area contributed by atoms with E-state index >= 15 is 0 Å². The first-order valence-electron chi connectivity index (χ1n) is 6.88. The van der Waals surface area contributed by atoms with Crippen molar-refractivity contribution in [3.05, 3.63) is 45.9 Å². The van der Waals surface area contributed by atoms with E-state index in [-0.39, 0.29) is 10.8 Å². The molecule has 0 saturated carbocycles. The highest BCUT2D eigenvalue weighted by Crippen LogP contribution is 2.29. The lowest BCUT2D eigenvalue weighted by atomic mass is 10.1. The molecule has 0 unspecified atom stereocenters. The van der Waals surface area contributed by atoms with Crippen molar-refractivity contribution < 1.29 is 25.9 Å². The third-order valence-electron chi connectivity index (χ3n) is 3.44. The number of benzene rings is 2. The molecule has 1 N–H and O–H groups in total. The maximum atomic E-state index is 11.4. The Kier molecular flexibility index (Phi) is 4.94. The van der Waals surface area contributed by atoms with Gasteiger partial charge in [-0.25, -0.2) is 21.8 Å². The SMILES string of the molecule is O=S(=O)([O-])c1cc(S(=O)(=O)[O-])c2ccc(NCc3cnc(Cl)s3)cc2c1. The highest BCUT2D eigenvalue weighted by molar-refractivity contribution is 7.86. The van der Waals surface area contributed by atoms with Crippen molar-refractivity contribution in [1.82, 2.24) is 4.98 Å². The van der Waals surface area contributed by atoms with E-state index in [2.05, 4.69) is 10.3 Å². The van der Waals surface area contributed by atoms with Gasteiger partial charge in [0.2, 0.25) is 0 Å². The van der Waals surface area contributed by atoms with Crippen molar-refractivity contribution in [3.63, 3.8) is 0 Å². The number of fused-ring (bicyclic) bond motifs is 1. The summed E-state index contributed by atoms with van der Waals surface area (Å²) in [6.07, 6.45) is 1.59. The van der Waals surface area contributed by atoms with E-state index in [9.17, 15) is 25.9 Å². The van der Waals surface area contributed by atoms with Crippen LogP contribution in [-0.4, -0.2) is 30.9 Å². The molecular weight excluding hydrogens is 424 g/mol. The molecule has 0 radical (unpaired) electrons. The zero-order chi connectivity index (χ0) is 19.1. The summed E-state index contributed by atoms with van der Waals surface area (Å²) < 4.78 is 68.5. The molecule has 2 aromatic carbocycles. The third kappa shape index (κ3) is 4.14. The van der Waals surface area contributed by atoms with Crippen LogP contribution in [0.4, 0.5) is 5.69 Å². The van der Waals surface area contributed by atoms with Gasteiger partial charge in [0.25, 0.3) is 0 Å². The highest BCUT2D eigenvalue weighted by Gasteiger charge is 2.13. The van der Waals surface area contributed by atoms with E-state index in [1.807, 2.05) is 0 Å². The van der Waals surface area contributed by atoms with Crippen LogP contribution in [0.2, 0.25) is 4.47 Å². The van der Waals surface area contributed by atoms with Gasteiger partial charge in [0, 0.05) is 16.8 Å². The van der Waals surface area contributed by atoms with Gasteiger partial charge in [0.15, 0.2) is 4.47 Å². The summed E-state index contributed by atoms with van der Waals surface area (Å²) in [4.78, 5) is 3.19. The molecule has 8 nitrogen and oxygen atoms in total. The molecule has 1 heterocycles. The molecule has 0 saturated heterocycles. The topological polar surface area (TPSA) is 139 Å². The molecule has 0 spiro atoms. The molecule has 0 aliphatic rings. The maximum absolute atomic E-state index is 11.4. The highest BCUT2D eigenvalue weighted by atomic mass is 35.5. The van der Waals surface area contributed by atoms with Gasteiger partial charge in [-0.2, -0.15) is 0 Å². The number of rotatable bonds is 5. The van der Waals surface area contributed by atoms with Crippen molar-refractivity contribution in [3.8, 4) is 0 Å². The molecule has 0 aliphatic carbocycles. The Hall–Kier alpha value is -1.76. The fraction of sp³-hybridized carbons (Fsp3) is 0.0714. The van der Waals surface area contributed by atoms with Crippen LogP contribution < -0.4 is 5.32 Å².